The van der Waals surface area contributed by atoms with E-state index in [0.717, 1.165) is 42.2 Å². The number of aromatic nitrogens is 2. The molecule has 0 aliphatic carbocycles. The van der Waals surface area contributed by atoms with Crippen LogP contribution in [0.1, 0.15) is 29.5 Å². The van der Waals surface area contributed by atoms with E-state index in [4.69, 9.17) is 4.98 Å². The van der Waals surface area contributed by atoms with Gasteiger partial charge >= 0.3 is 0 Å². The largest absolute Gasteiger partial charge is 0.356 e. The molecule has 2 heterocycles. The zero-order valence-corrected chi connectivity index (χ0v) is 17.6. The van der Waals surface area contributed by atoms with E-state index in [1.807, 2.05) is 18.2 Å². The SMILES string of the molecule is Cc1ccc(CNC(=O)[C@@H]2CCCN(c3ccnc(-c4ccc(C)cc4)n3)C2)cc1. The maximum atomic E-state index is 12.8. The lowest BCUT2D eigenvalue weighted by atomic mass is 9.97. The van der Waals surface area contributed by atoms with Crippen molar-refractivity contribution in [2.45, 2.75) is 33.2 Å². The van der Waals surface area contributed by atoms with Crippen LogP contribution >= 0.6 is 0 Å². The summed E-state index contributed by atoms with van der Waals surface area (Å²) in [7, 11) is 0. The number of carbonyl (C=O) groups is 1. The summed E-state index contributed by atoms with van der Waals surface area (Å²) < 4.78 is 0. The van der Waals surface area contributed by atoms with Crippen LogP contribution in [0.4, 0.5) is 5.82 Å². The second-order valence-corrected chi connectivity index (χ2v) is 8.09. The van der Waals surface area contributed by atoms with Crippen molar-refractivity contribution in [2.24, 2.45) is 5.92 Å². The Morgan fingerprint density at radius 2 is 1.73 bits per heavy atom. The second-order valence-electron chi connectivity index (χ2n) is 8.09. The third kappa shape index (κ3) is 4.85. The molecule has 1 atom stereocenters. The van der Waals surface area contributed by atoms with Gasteiger partial charge in [-0.05, 0) is 38.3 Å². The van der Waals surface area contributed by atoms with Gasteiger partial charge < -0.3 is 10.2 Å². The smallest absolute Gasteiger partial charge is 0.225 e. The number of hydrogen-bond donors (Lipinski definition) is 1. The molecular weight excluding hydrogens is 372 g/mol. The monoisotopic (exact) mass is 400 g/mol. The van der Waals surface area contributed by atoms with E-state index in [1.165, 1.54) is 11.1 Å². The number of nitrogens with zero attached hydrogens (tertiary/aromatic N) is 3. The number of hydrogen-bond acceptors (Lipinski definition) is 4. The van der Waals surface area contributed by atoms with Crippen LogP contribution in [0.3, 0.4) is 0 Å². The number of nitrogens with one attached hydrogen (secondary N) is 1. The van der Waals surface area contributed by atoms with Gasteiger partial charge in [0.25, 0.3) is 0 Å². The van der Waals surface area contributed by atoms with Crippen LogP contribution in [0.25, 0.3) is 11.4 Å². The minimum absolute atomic E-state index is 0.0259. The fraction of sp³-hybridized carbons (Fsp3) is 0.320. The Balaban J connectivity index is 1.41. The summed E-state index contributed by atoms with van der Waals surface area (Å²) in [4.78, 5) is 24.2. The lowest BCUT2D eigenvalue weighted by Gasteiger charge is -2.33. The van der Waals surface area contributed by atoms with Crippen LogP contribution in [0.5, 0.6) is 0 Å². The van der Waals surface area contributed by atoms with Gasteiger partial charge in [0, 0.05) is 31.4 Å². The molecule has 0 bridgehead atoms. The van der Waals surface area contributed by atoms with Gasteiger partial charge in [0.2, 0.25) is 5.91 Å². The summed E-state index contributed by atoms with van der Waals surface area (Å²) >= 11 is 0. The predicted molar refractivity (Wildman–Crippen MR) is 120 cm³/mol. The molecule has 30 heavy (non-hydrogen) atoms. The molecule has 1 amide bonds. The summed E-state index contributed by atoms with van der Waals surface area (Å²) in [6.45, 7) is 6.30. The van der Waals surface area contributed by atoms with Gasteiger partial charge in [-0.15, -0.1) is 0 Å². The Kier molecular flexibility index (Phi) is 6.07. The first-order chi connectivity index (χ1) is 14.6. The molecule has 154 valence electrons. The quantitative estimate of drug-likeness (QED) is 0.694. The summed E-state index contributed by atoms with van der Waals surface area (Å²) in [5.74, 6) is 1.70. The molecule has 1 N–H and O–H groups in total. The standard InChI is InChI=1S/C25H28N4O/c1-18-5-9-20(10-6-18)16-27-25(30)22-4-3-15-29(17-22)23-13-14-26-24(28-23)21-11-7-19(2)8-12-21/h5-14,22H,3-4,15-17H2,1-2H3,(H,27,30)/t22-/m1/s1. The molecule has 5 heteroatoms. The third-order valence-electron chi connectivity index (χ3n) is 5.65. The predicted octanol–water partition coefficient (Wildman–Crippen LogP) is 4.29. The second kappa shape index (κ2) is 9.08. The van der Waals surface area contributed by atoms with Gasteiger partial charge in [-0.25, -0.2) is 9.97 Å². The van der Waals surface area contributed by atoms with Crippen molar-refractivity contribution < 1.29 is 4.79 Å². The fourth-order valence-corrected chi connectivity index (χ4v) is 3.81. The molecular formula is C25H28N4O. The van der Waals surface area contributed by atoms with Gasteiger partial charge in [0.1, 0.15) is 5.82 Å². The van der Waals surface area contributed by atoms with Gasteiger partial charge in [-0.2, -0.15) is 0 Å². The average molecular weight is 401 g/mol. The normalized spacial score (nSPS) is 16.3. The first-order valence-electron chi connectivity index (χ1n) is 10.6. The molecule has 2 aromatic carbocycles. The Bertz CT molecular complexity index is 998. The topological polar surface area (TPSA) is 58.1 Å². The molecule has 1 aliphatic rings. The van der Waals surface area contributed by atoms with E-state index >= 15 is 0 Å². The minimum Gasteiger partial charge on any atom is -0.356 e. The first-order valence-corrected chi connectivity index (χ1v) is 10.6. The lowest BCUT2D eigenvalue weighted by Crippen LogP contribution is -2.43. The molecule has 3 aromatic rings. The maximum Gasteiger partial charge on any atom is 0.225 e. The van der Waals surface area contributed by atoms with E-state index in [-0.39, 0.29) is 11.8 Å². The number of anilines is 1. The zero-order valence-electron chi connectivity index (χ0n) is 17.6. The van der Waals surface area contributed by atoms with Crippen LogP contribution < -0.4 is 10.2 Å². The van der Waals surface area contributed by atoms with Crippen LogP contribution in [0.15, 0.2) is 60.8 Å². The number of carbonyl (C=O) groups excluding carboxylic acids is 1. The van der Waals surface area contributed by atoms with Crippen molar-refractivity contribution in [3.63, 3.8) is 0 Å². The van der Waals surface area contributed by atoms with Crippen molar-refractivity contribution >= 4 is 11.7 Å². The molecule has 1 aromatic heterocycles. The van der Waals surface area contributed by atoms with Crippen LogP contribution in [0.2, 0.25) is 0 Å². The van der Waals surface area contributed by atoms with E-state index in [2.05, 4.69) is 65.4 Å². The Morgan fingerprint density at radius 3 is 2.47 bits per heavy atom. The van der Waals surface area contributed by atoms with Crippen LogP contribution in [-0.4, -0.2) is 29.0 Å². The van der Waals surface area contributed by atoms with Gasteiger partial charge in [-0.3, -0.25) is 4.79 Å². The Hall–Kier alpha value is -3.21. The molecule has 1 fully saturated rings. The molecule has 0 saturated carbocycles. The highest BCUT2D eigenvalue weighted by Crippen LogP contribution is 2.24. The van der Waals surface area contributed by atoms with Crippen molar-refractivity contribution in [3.8, 4) is 11.4 Å². The van der Waals surface area contributed by atoms with E-state index in [9.17, 15) is 4.79 Å². The van der Waals surface area contributed by atoms with Crippen molar-refractivity contribution in [1.29, 1.82) is 0 Å². The highest BCUT2D eigenvalue weighted by atomic mass is 16.1. The summed E-state index contributed by atoms with van der Waals surface area (Å²) in [5, 5.41) is 3.10. The third-order valence-corrected chi connectivity index (χ3v) is 5.65. The maximum absolute atomic E-state index is 12.8. The Morgan fingerprint density at radius 1 is 1.03 bits per heavy atom. The molecule has 0 radical (unpaired) electrons. The Labute approximate surface area is 178 Å². The minimum atomic E-state index is -0.0259. The number of amides is 1. The van der Waals surface area contributed by atoms with Crippen molar-refractivity contribution in [3.05, 3.63) is 77.5 Å². The summed E-state index contributed by atoms with van der Waals surface area (Å²) in [6, 6.07) is 18.4. The number of piperidine rings is 1. The highest BCUT2D eigenvalue weighted by Gasteiger charge is 2.26. The van der Waals surface area contributed by atoms with E-state index < -0.39 is 0 Å². The van der Waals surface area contributed by atoms with E-state index in [1.54, 1.807) is 6.20 Å². The molecule has 1 aliphatic heterocycles. The number of aryl methyl sites for hydroxylation is 2. The van der Waals surface area contributed by atoms with Gasteiger partial charge in [-0.1, -0.05) is 59.7 Å². The van der Waals surface area contributed by atoms with Crippen LogP contribution in [0, 0.1) is 19.8 Å². The van der Waals surface area contributed by atoms with Gasteiger partial charge in [0.05, 0.1) is 5.92 Å². The molecule has 5 nitrogen and oxygen atoms in total. The summed E-state index contributed by atoms with van der Waals surface area (Å²) in [5.41, 5.74) is 4.57. The van der Waals surface area contributed by atoms with Crippen LogP contribution in [-0.2, 0) is 11.3 Å². The highest BCUT2D eigenvalue weighted by molar-refractivity contribution is 5.79. The molecule has 0 spiro atoms. The average Bonchev–Trinajstić information content (AvgIpc) is 2.79. The first kappa shape index (κ1) is 20.1. The lowest BCUT2D eigenvalue weighted by molar-refractivity contribution is -0.125. The van der Waals surface area contributed by atoms with E-state index in [0.29, 0.717) is 13.1 Å². The van der Waals surface area contributed by atoms with Gasteiger partial charge in [0.15, 0.2) is 5.82 Å². The molecule has 4 rings (SSSR count). The number of rotatable bonds is 5. The van der Waals surface area contributed by atoms with Crippen molar-refractivity contribution in [2.75, 3.05) is 18.0 Å². The van der Waals surface area contributed by atoms with Crippen molar-refractivity contribution in [1.82, 2.24) is 15.3 Å². The molecule has 0 unspecified atom stereocenters. The fourth-order valence-electron chi connectivity index (χ4n) is 3.81. The summed E-state index contributed by atoms with van der Waals surface area (Å²) in [6.07, 6.45) is 3.69. The molecule has 1 saturated heterocycles. The number of benzene rings is 2. The zero-order chi connectivity index (χ0) is 20.9.